The zero-order valence-electron chi connectivity index (χ0n) is 16.4. The molecule has 27 heavy (non-hydrogen) atoms. The highest BCUT2D eigenvalue weighted by molar-refractivity contribution is 5.80. The summed E-state index contributed by atoms with van der Waals surface area (Å²) in [6, 6.07) is 7.78. The molecule has 1 aliphatic rings. The average molecular weight is 378 g/mol. The van der Waals surface area contributed by atoms with Gasteiger partial charge in [0.25, 0.3) is 5.91 Å². The predicted molar refractivity (Wildman–Crippen MR) is 102 cm³/mol. The van der Waals surface area contributed by atoms with Gasteiger partial charge in [0.2, 0.25) is 0 Å². The van der Waals surface area contributed by atoms with Crippen LogP contribution in [-0.4, -0.2) is 72.7 Å². The first-order valence-corrected chi connectivity index (χ1v) is 9.36. The van der Waals surface area contributed by atoms with Crippen molar-refractivity contribution in [2.24, 2.45) is 0 Å². The van der Waals surface area contributed by atoms with Crippen LogP contribution in [0.15, 0.2) is 24.3 Å². The molecule has 1 saturated heterocycles. The number of methoxy groups -OCH3 is 1. The van der Waals surface area contributed by atoms with E-state index in [2.05, 4.69) is 0 Å². The smallest absolute Gasteiger partial charge is 0.317 e. The van der Waals surface area contributed by atoms with Crippen LogP contribution in [0.25, 0.3) is 0 Å². The van der Waals surface area contributed by atoms with Gasteiger partial charge in [0, 0.05) is 19.1 Å². The molecule has 2 rings (SSSR count). The standard InChI is InChI=1S/C20H30N2O5/c1-15(27-14-16-6-4-8-18(12-16)26-3)20(25)22-10-5-7-17(9-11-22)21(2)13-19(23)24/h4,6,8,12,15,17H,5,7,9-11,13-14H2,1-3H3,(H,23,24). The summed E-state index contributed by atoms with van der Waals surface area (Å²) in [7, 11) is 3.45. The maximum atomic E-state index is 12.7. The van der Waals surface area contributed by atoms with E-state index in [1.807, 2.05) is 41.1 Å². The Kier molecular flexibility index (Phi) is 8.06. The van der Waals surface area contributed by atoms with Gasteiger partial charge in [0.1, 0.15) is 11.9 Å². The Hall–Kier alpha value is -2.12. The molecule has 1 aromatic rings. The highest BCUT2D eigenvalue weighted by atomic mass is 16.5. The third kappa shape index (κ3) is 6.52. The van der Waals surface area contributed by atoms with Crippen molar-refractivity contribution in [3.05, 3.63) is 29.8 Å². The summed E-state index contributed by atoms with van der Waals surface area (Å²) < 4.78 is 11.0. The van der Waals surface area contributed by atoms with Crippen molar-refractivity contribution >= 4 is 11.9 Å². The Morgan fingerprint density at radius 2 is 2.11 bits per heavy atom. The van der Waals surface area contributed by atoms with E-state index in [-0.39, 0.29) is 18.5 Å². The van der Waals surface area contributed by atoms with Gasteiger partial charge in [-0.2, -0.15) is 0 Å². The fourth-order valence-electron chi connectivity index (χ4n) is 3.39. The monoisotopic (exact) mass is 378 g/mol. The Morgan fingerprint density at radius 1 is 1.33 bits per heavy atom. The number of likely N-dealkylation sites (N-methyl/N-ethyl adjacent to an activating group) is 1. The Bertz CT molecular complexity index is 637. The van der Waals surface area contributed by atoms with Gasteiger partial charge in [-0.1, -0.05) is 12.1 Å². The van der Waals surface area contributed by atoms with E-state index in [0.29, 0.717) is 19.7 Å². The molecule has 0 spiro atoms. The van der Waals surface area contributed by atoms with Crippen LogP contribution in [0, 0.1) is 0 Å². The van der Waals surface area contributed by atoms with Gasteiger partial charge in [0.15, 0.2) is 0 Å². The van der Waals surface area contributed by atoms with E-state index in [1.54, 1.807) is 14.0 Å². The molecule has 7 nitrogen and oxygen atoms in total. The summed E-state index contributed by atoms with van der Waals surface area (Å²) in [6.45, 7) is 3.46. The molecule has 1 N–H and O–H groups in total. The lowest BCUT2D eigenvalue weighted by Gasteiger charge is -2.26. The van der Waals surface area contributed by atoms with Gasteiger partial charge in [-0.25, -0.2) is 0 Å². The minimum absolute atomic E-state index is 0.0144. The summed E-state index contributed by atoms with van der Waals surface area (Å²) in [5.74, 6) is -0.0761. The molecule has 7 heteroatoms. The number of hydrogen-bond donors (Lipinski definition) is 1. The van der Waals surface area contributed by atoms with Gasteiger partial charge >= 0.3 is 5.97 Å². The Morgan fingerprint density at radius 3 is 2.81 bits per heavy atom. The topological polar surface area (TPSA) is 79.3 Å². The SMILES string of the molecule is COc1cccc(COC(C)C(=O)N2CCCC(N(C)CC(=O)O)CC2)c1. The normalized spacial score (nSPS) is 18.8. The minimum atomic E-state index is -0.825. The fourth-order valence-corrected chi connectivity index (χ4v) is 3.39. The number of rotatable bonds is 8. The number of carbonyl (C=O) groups is 2. The molecule has 150 valence electrons. The maximum absolute atomic E-state index is 12.7. The Balaban J connectivity index is 1.84. The van der Waals surface area contributed by atoms with Crippen molar-refractivity contribution in [1.29, 1.82) is 0 Å². The fraction of sp³-hybridized carbons (Fsp3) is 0.600. The van der Waals surface area contributed by atoms with Crippen LogP contribution in [0.5, 0.6) is 5.75 Å². The first-order chi connectivity index (χ1) is 12.9. The first kappa shape index (κ1) is 21.2. The van der Waals surface area contributed by atoms with E-state index in [1.165, 1.54) is 0 Å². The predicted octanol–water partition coefficient (Wildman–Crippen LogP) is 2.00. The summed E-state index contributed by atoms with van der Waals surface area (Å²) in [5, 5.41) is 8.95. The van der Waals surface area contributed by atoms with Crippen LogP contribution in [0.3, 0.4) is 0 Å². The molecule has 0 bridgehead atoms. The number of carboxylic acid groups (broad SMARTS) is 1. The van der Waals surface area contributed by atoms with Crippen molar-refractivity contribution < 1.29 is 24.2 Å². The summed E-state index contributed by atoms with van der Waals surface area (Å²) in [6.07, 6.45) is 2.01. The lowest BCUT2D eigenvalue weighted by atomic mass is 10.1. The van der Waals surface area contributed by atoms with Crippen molar-refractivity contribution in [2.75, 3.05) is 33.8 Å². The molecule has 1 amide bonds. The van der Waals surface area contributed by atoms with E-state index in [0.717, 1.165) is 30.6 Å². The number of likely N-dealkylation sites (tertiary alicyclic amines) is 1. The third-order valence-corrected chi connectivity index (χ3v) is 5.00. The van der Waals surface area contributed by atoms with E-state index in [9.17, 15) is 9.59 Å². The highest BCUT2D eigenvalue weighted by Gasteiger charge is 2.26. The lowest BCUT2D eigenvalue weighted by Crippen LogP contribution is -2.41. The van der Waals surface area contributed by atoms with Crippen LogP contribution in [0.4, 0.5) is 0 Å². The largest absolute Gasteiger partial charge is 0.497 e. The van der Waals surface area contributed by atoms with Crippen LogP contribution < -0.4 is 4.74 Å². The number of carbonyl (C=O) groups excluding carboxylic acids is 1. The van der Waals surface area contributed by atoms with Crippen LogP contribution in [0.1, 0.15) is 31.7 Å². The van der Waals surface area contributed by atoms with E-state index in [4.69, 9.17) is 14.6 Å². The number of nitrogens with zero attached hydrogens (tertiary/aromatic N) is 2. The number of benzene rings is 1. The molecule has 0 aromatic heterocycles. The Labute approximate surface area is 160 Å². The number of aliphatic carboxylic acids is 1. The van der Waals surface area contributed by atoms with Gasteiger partial charge < -0.3 is 19.5 Å². The molecular weight excluding hydrogens is 348 g/mol. The molecule has 1 aliphatic heterocycles. The third-order valence-electron chi connectivity index (χ3n) is 5.00. The van der Waals surface area contributed by atoms with Crippen LogP contribution >= 0.6 is 0 Å². The van der Waals surface area contributed by atoms with Gasteiger partial charge in [-0.15, -0.1) is 0 Å². The molecule has 0 aliphatic carbocycles. The second-order valence-electron chi connectivity index (χ2n) is 7.02. The molecule has 2 unspecified atom stereocenters. The van der Waals surface area contributed by atoms with E-state index < -0.39 is 12.1 Å². The minimum Gasteiger partial charge on any atom is -0.497 e. The molecule has 0 saturated carbocycles. The first-order valence-electron chi connectivity index (χ1n) is 9.36. The maximum Gasteiger partial charge on any atom is 0.317 e. The highest BCUT2D eigenvalue weighted by Crippen LogP contribution is 2.18. The molecule has 0 radical (unpaired) electrons. The van der Waals surface area contributed by atoms with Crippen LogP contribution in [0.2, 0.25) is 0 Å². The molecule has 1 fully saturated rings. The quantitative estimate of drug-likeness (QED) is 0.745. The van der Waals surface area contributed by atoms with Gasteiger partial charge in [-0.3, -0.25) is 14.5 Å². The lowest BCUT2D eigenvalue weighted by molar-refractivity contribution is -0.143. The number of ether oxygens (including phenoxy) is 2. The second kappa shape index (κ2) is 10.3. The van der Waals surface area contributed by atoms with Gasteiger partial charge in [-0.05, 0) is 50.9 Å². The van der Waals surface area contributed by atoms with Crippen LogP contribution in [-0.2, 0) is 20.9 Å². The molecular formula is C20H30N2O5. The van der Waals surface area contributed by atoms with Crippen molar-refractivity contribution in [3.8, 4) is 5.75 Å². The number of amides is 1. The van der Waals surface area contributed by atoms with Crippen molar-refractivity contribution in [2.45, 2.75) is 44.9 Å². The van der Waals surface area contributed by atoms with Crippen molar-refractivity contribution in [3.63, 3.8) is 0 Å². The van der Waals surface area contributed by atoms with Crippen molar-refractivity contribution in [1.82, 2.24) is 9.80 Å². The summed E-state index contributed by atoms with van der Waals surface area (Å²) >= 11 is 0. The summed E-state index contributed by atoms with van der Waals surface area (Å²) in [5.41, 5.74) is 0.959. The molecule has 1 aromatic carbocycles. The summed E-state index contributed by atoms with van der Waals surface area (Å²) in [4.78, 5) is 27.3. The average Bonchev–Trinajstić information content (AvgIpc) is 2.91. The van der Waals surface area contributed by atoms with E-state index >= 15 is 0 Å². The second-order valence-corrected chi connectivity index (χ2v) is 7.02. The number of hydrogen-bond acceptors (Lipinski definition) is 5. The molecule has 1 heterocycles. The zero-order chi connectivity index (χ0) is 19.8. The van der Waals surface area contributed by atoms with Gasteiger partial charge in [0.05, 0.1) is 20.3 Å². The zero-order valence-corrected chi connectivity index (χ0v) is 16.4. The molecule has 2 atom stereocenters. The number of carboxylic acids is 1.